The number of hydrogen-bond acceptors (Lipinski definition) is 4. The van der Waals surface area contributed by atoms with Crippen molar-refractivity contribution in [3.05, 3.63) is 29.6 Å². The summed E-state index contributed by atoms with van der Waals surface area (Å²) < 4.78 is 19.0. The highest BCUT2D eigenvalue weighted by Gasteiger charge is 2.38. The molecule has 1 aromatic carbocycles. The smallest absolute Gasteiger partial charge is 0.222 e. The summed E-state index contributed by atoms with van der Waals surface area (Å²) in [5.41, 5.74) is 6.50. The van der Waals surface area contributed by atoms with E-state index in [1.807, 2.05) is 0 Å². The van der Waals surface area contributed by atoms with Gasteiger partial charge in [0.2, 0.25) is 5.91 Å². The molecule has 0 aromatic heterocycles. The molecule has 2 aliphatic rings. The number of likely N-dealkylation sites (tertiary alicyclic amines) is 2. The van der Waals surface area contributed by atoms with E-state index < -0.39 is 0 Å². The van der Waals surface area contributed by atoms with Crippen molar-refractivity contribution < 1.29 is 13.9 Å². The molecule has 0 aliphatic carbocycles. The maximum atomic E-state index is 13.6. The normalized spacial score (nSPS) is 24.3. The SMILES string of the molecule is COc1ccc(F)cc1CN1CC[C@@H]2[C@@H](CCC(=O)N2CCCN)C1. The van der Waals surface area contributed by atoms with Crippen molar-refractivity contribution in [2.45, 2.75) is 38.3 Å². The Morgan fingerprint density at radius 2 is 2.20 bits per heavy atom. The Morgan fingerprint density at radius 3 is 2.96 bits per heavy atom. The predicted octanol–water partition coefficient (Wildman–Crippen LogP) is 2.00. The van der Waals surface area contributed by atoms with Gasteiger partial charge in [-0.15, -0.1) is 0 Å². The van der Waals surface area contributed by atoms with Crippen LogP contribution < -0.4 is 10.5 Å². The highest BCUT2D eigenvalue weighted by Crippen LogP contribution is 2.32. The van der Waals surface area contributed by atoms with E-state index in [-0.39, 0.29) is 11.7 Å². The zero-order valence-electron chi connectivity index (χ0n) is 14.9. The average molecular weight is 349 g/mol. The van der Waals surface area contributed by atoms with Crippen LogP contribution in [0.1, 0.15) is 31.2 Å². The second kappa shape index (κ2) is 8.15. The maximum Gasteiger partial charge on any atom is 0.222 e. The lowest BCUT2D eigenvalue weighted by atomic mass is 9.83. The second-order valence-electron chi connectivity index (χ2n) is 7.08. The third kappa shape index (κ3) is 4.12. The number of methoxy groups -OCH3 is 1. The van der Waals surface area contributed by atoms with Crippen LogP contribution in [0.15, 0.2) is 18.2 Å². The van der Waals surface area contributed by atoms with Crippen molar-refractivity contribution in [2.24, 2.45) is 11.7 Å². The third-order valence-corrected chi connectivity index (χ3v) is 5.47. The molecule has 0 bridgehead atoms. The highest BCUT2D eigenvalue weighted by atomic mass is 19.1. The molecular weight excluding hydrogens is 321 g/mol. The molecule has 1 aromatic rings. The topological polar surface area (TPSA) is 58.8 Å². The quantitative estimate of drug-likeness (QED) is 0.853. The summed E-state index contributed by atoms with van der Waals surface area (Å²) in [4.78, 5) is 16.7. The van der Waals surface area contributed by atoms with Crippen LogP contribution >= 0.6 is 0 Å². The van der Waals surface area contributed by atoms with Crippen LogP contribution in [0.4, 0.5) is 4.39 Å². The van der Waals surface area contributed by atoms with Crippen molar-refractivity contribution in [2.75, 3.05) is 33.3 Å². The number of amides is 1. The Kier molecular flexibility index (Phi) is 5.91. The zero-order chi connectivity index (χ0) is 17.8. The molecule has 3 rings (SSSR count). The molecule has 0 saturated carbocycles. The van der Waals surface area contributed by atoms with Gasteiger partial charge in [0.1, 0.15) is 11.6 Å². The minimum Gasteiger partial charge on any atom is -0.496 e. The lowest BCUT2D eigenvalue weighted by Crippen LogP contribution is -2.56. The van der Waals surface area contributed by atoms with E-state index in [2.05, 4.69) is 9.80 Å². The molecule has 2 heterocycles. The van der Waals surface area contributed by atoms with Gasteiger partial charge in [0.05, 0.1) is 7.11 Å². The van der Waals surface area contributed by atoms with E-state index in [4.69, 9.17) is 10.5 Å². The number of nitrogens with two attached hydrogens (primary N) is 1. The Morgan fingerprint density at radius 1 is 1.36 bits per heavy atom. The van der Waals surface area contributed by atoms with E-state index >= 15 is 0 Å². The van der Waals surface area contributed by atoms with Gasteiger partial charge in [0.25, 0.3) is 0 Å². The van der Waals surface area contributed by atoms with Crippen LogP contribution in [0.3, 0.4) is 0 Å². The molecule has 0 unspecified atom stereocenters. The Hall–Kier alpha value is -1.66. The highest BCUT2D eigenvalue weighted by molar-refractivity contribution is 5.77. The number of rotatable bonds is 6. The van der Waals surface area contributed by atoms with Crippen molar-refractivity contribution in [3.8, 4) is 5.75 Å². The van der Waals surface area contributed by atoms with Gasteiger partial charge in [-0.05, 0) is 49.9 Å². The molecule has 2 saturated heterocycles. The summed E-state index contributed by atoms with van der Waals surface area (Å²) >= 11 is 0. The summed E-state index contributed by atoms with van der Waals surface area (Å²) in [5, 5.41) is 0. The number of halogens is 1. The van der Waals surface area contributed by atoms with E-state index in [1.165, 1.54) is 6.07 Å². The summed E-state index contributed by atoms with van der Waals surface area (Å²) in [6, 6.07) is 5.00. The Balaban J connectivity index is 1.65. The summed E-state index contributed by atoms with van der Waals surface area (Å²) in [5.74, 6) is 1.26. The monoisotopic (exact) mass is 349 g/mol. The van der Waals surface area contributed by atoms with Gasteiger partial charge in [0, 0.05) is 44.2 Å². The predicted molar refractivity (Wildman–Crippen MR) is 94.7 cm³/mol. The zero-order valence-corrected chi connectivity index (χ0v) is 14.9. The van der Waals surface area contributed by atoms with Gasteiger partial charge in [-0.3, -0.25) is 9.69 Å². The number of ether oxygens (including phenoxy) is 1. The number of hydrogen-bond donors (Lipinski definition) is 1. The number of benzene rings is 1. The maximum absolute atomic E-state index is 13.6. The molecule has 2 fully saturated rings. The van der Waals surface area contributed by atoms with Crippen LogP contribution in [-0.4, -0.2) is 55.0 Å². The summed E-state index contributed by atoms with van der Waals surface area (Å²) in [6.45, 7) is 3.92. The summed E-state index contributed by atoms with van der Waals surface area (Å²) in [6.07, 6.45) is 3.40. The lowest BCUT2D eigenvalue weighted by molar-refractivity contribution is -0.141. The van der Waals surface area contributed by atoms with E-state index in [0.29, 0.717) is 31.5 Å². The fourth-order valence-electron chi connectivity index (χ4n) is 4.23. The average Bonchev–Trinajstić information content (AvgIpc) is 2.61. The standard InChI is InChI=1S/C19H28FN3O2/c1-25-18-5-4-16(20)11-15(18)13-22-10-7-17-14(12-22)3-6-19(24)23(17)9-2-8-21/h4-5,11,14,17H,2-3,6-10,12-13,21H2,1H3/t14-,17+/m0/s1. The largest absolute Gasteiger partial charge is 0.496 e. The van der Waals surface area contributed by atoms with Gasteiger partial charge < -0.3 is 15.4 Å². The van der Waals surface area contributed by atoms with Crippen LogP contribution in [-0.2, 0) is 11.3 Å². The molecule has 2 N–H and O–H groups in total. The van der Waals surface area contributed by atoms with E-state index in [0.717, 1.165) is 50.2 Å². The minimum atomic E-state index is -0.234. The van der Waals surface area contributed by atoms with Gasteiger partial charge in [-0.2, -0.15) is 0 Å². The number of fused-ring (bicyclic) bond motifs is 1. The Labute approximate surface area is 148 Å². The number of piperidine rings is 2. The molecule has 6 heteroatoms. The van der Waals surface area contributed by atoms with Crippen molar-refractivity contribution in [3.63, 3.8) is 0 Å². The van der Waals surface area contributed by atoms with Crippen LogP contribution in [0, 0.1) is 11.7 Å². The van der Waals surface area contributed by atoms with Gasteiger partial charge in [-0.1, -0.05) is 0 Å². The Bertz CT molecular complexity index is 610. The number of nitrogens with zero attached hydrogens (tertiary/aromatic N) is 2. The first-order valence-corrected chi connectivity index (χ1v) is 9.16. The number of carbonyl (C=O) groups is 1. The molecule has 2 aliphatic heterocycles. The van der Waals surface area contributed by atoms with Gasteiger partial charge in [-0.25, -0.2) is 4.39 Å². The van der Waals surface area contributed by atoms with Gasteiger partial charge >= 0.3 is 0 Å². The molecule has 138 valence electrons. The third-order valence-electron chi connectivity index (χ3n) is 5.47. The number of carbonyl (C=O) groups excluding carboxylic acids is 1. The first kappa shape index (κ1) is 18.1. The van der Waals surface area contributed by atoms with Crippen molar-refractivity contribution >= 4 is 5.91 Å². The summed E-state index contributed by atoms with van der Waals surface area (Å²) in [7, 11) is 1.62. The van der Waals surface area contributed by atoms with Gasteiger partial charge in [0.15, 0.2) is 0 Å². The first-order valence-electron chi connectivity index (χ1n) is 9.16. The molecule has 2 atom stereocenters. The van der Waals surface area contributed by atoms with Crippen LogP contribution in [0.2, 0.25) is 0 Å². The van der Waals surface area contributed by atoms with E-state index in [9.17, 15) is 9.18 Å². The van der Waals surface area contributed by atoms with Crippen LogP contribution in [0.5, 0.6) is 5.75 Å². The molecule has 1 amide bonds. The first-order chi connectivity index (χ1) is 12.1. The lowest BCUT2D eigenvalue weighted by Gasteiger charge is -2.47. The molecule has 0 radical (unpaired) electrons. The minimum absolute atomic E-state index is 0.234. The fraction of sp³-hybridized carbons (Fsp3) is 0.632. The molecule has 25 heavy (non-hydrogen) atoms. The molecular formula is C19H28FN3O2. The van der Waals surface area contributed by atoms with Crippen LogP contribution in [0.25, 0.3) is 0 Å². The molecule has 5 nitrogen and oxygen atoms in total. The fourth-order valence-corrected chi connectivity index (χ4v) is 4.23. The van der Waals surface area contributed by atoms with E-state index in [1.54, 1.807) is 19.2 Å². The van der Waals surface area contributed by atoms with Crippen molar-refractivity contribution in [1.82, 2.24) is 9.80 Å². The molecule has 0 spiro atoms. The van der Waals surface area contributed by atoms with Crippen molar-refractivity contribution in [1.29, 1.82) is 0 Å². The second-order valence-corrected chi connectivity index (χ2v) is 7.08.